The number of nitrogens with zero attached hydrogens (tertiary/aromatic N) is 4. The maximum Gasteiger partial charge on any atom is 0.223 e. The molecule has 2 aliphatic heterocycles. The summed E-state index contributed by atoms with van der Waals surface area (Å²) in [5.74, 6) is 2.58. The highest BCUT2D eigenvalue weighted by Crippen LogP contribution is 2.30. The molecule has 5 rings (SSSR count). The number of hydrogen-bond donors (Lipinski definition) is 0. The predicted molar refractivity (Wildman–Crippen MR) is 135 cm³/mol. The molecule has 1 aromatic heterocycles. The monoisotopic (exact) mass is 464 g/mol. The maximum atomic E-state index is 13.0. The number of carbonyl (C=O) groups excluding carboxylic acids is 1. The summed E-state index contributed by atoms with van der Waals surface area (Å²) in [6, 6.07) is 6.73. The summed E-state index contributed by atoms with van der Waals surface area (Å²) in [7, 11) is 2.22. The predicted octanol–water partition coefficient (Wildman–Crippen LogP) is 3.95. The maximum absolute atomic E-state index is 13.0. The molecule has 2 fully saturated rings. The highest BCUT2D eigenvalue weighted by atomic mass is 16.4. The number of oxazole rings is 1. The Kier molecular flexibility index (Phi) is 7.35. The zero-order valence-corrected chi connectivity index (χ0v) is 21.0. The first-order chi connectivity index (χ1) is 16.5. The van der Waals surface area contributed by atoms with Crippen LogP contribution in [0.15, 0.2) is 22.6 Å². The fraction of sp³-hybridized carbons (Fsp3) is 0.643. The van der Waals surface area contributed by atoms with Crippen LogP contribution in [0.5, 0.6) is 0 Å². The molecule has 0 spiro atoms. The Morgan fingerprint density at radius 2 is 1.76 bits per heavy atom. The third kappa shape index (κ3) is 5.55. The fourth-order valence-corrected chi connectivity index (χ4v) is 5.91. The van der Waals surface area contributed by atoms with E-state index in [1.165, 1.54) is 62.9 Å². The van der Waals surface area contributed by atoms with Gasteiger partial charge >= 0.3 is 0 Å². The number of hydrogen-bond acceptors (Lipinski definition) is 5. The van der Waals surface area contributed by atoms with Gasteiger partial charge in [-0.1, -0.05) is 12.1 Å². The van der Waals surface area contributed by atoms with Crippen molar-refractivity contribution >= 4 is 5.91 Å². The smallest absolute Gasteiger partial charge is 0.223 e. The van der Waals surface area contributed by atoms with E-state index in [9.17, 15) is 4.79 Å². The molecule has 1 aromatic carbocycles. The van der Waals surface area contributed by atoms with Gasteiger partial charge in [-0.2, -0.15) is 0 Å². The number of piperidine rings is 1. The quantitative estimate of drug-likeness (QED) is 0.648. The van der Waals surface area contributed by atoms with Crippen molar-refractivity contribution < 1.29 is 9.21 Å². The van der Waals surface area contributed by atoms with Crippen LogP contribution in [-0.2, 0) is 24.1 Å². The van der Waals surface area contributed by atoms with Crippen molar-refractivity contribution in [1.29, 1.82) is 0 Å². The molecule has 34 heavy (non-hydrogen) atoms. The molecule has 0 unspecified atom stereocenters. The van der Waals surface area contributed by atoms with Gasteiger partial charge in [-0.3, -0.25) is 9.69 Å². The third-order valence-electron chi connectivity index (χ3n) is 8.07. The van der Waals surface area contributed by atoms with E-state index in [0.29, 0.717) is 18.7 Å². The van der Waals surface area contributed by atoms with Crippen molar-refractivity contribution in [3.63, 3.8) is 0 Å². The molecule has 6 nitrogen and oxygen atoms in total. The van der Waals surface area contributed by atoms with Gasteiger partial charge in [0, 0.05) is 58.1 Å². The number of amides is 1. The number of rotatable bonds is 6. The molecular weight excluding hydrogens is 424 g/mol. The SMILES string of the molecule is Cc1nc(-c2ccc3c(c2)CCCC3)c(CCC(=O)N2CCN(CC3CCN(C)CC3)CC2)o1. The number of fused-ring (bicyclic) bond motifs is 1. The topological polar surface area (TPSA) is 52.8 Å². The first-order valence-corrected chi connectivity index (χ1v) is 13.3. The summed E-state index contributed by atoms with van der Waals surface area (Å²) >= 11 is 0. The lowest BCUT2D eigenvalue weighted by Crippen LogP contribution is -2.50. The van der Waals surface area contributed by atoms with Crippen LogP contribution in [0.1, 0.15) is 54.9 Å². The van der Waals surface area contributed by atoms with Crippen molar-refractivity contribution in [2.24, 2.45) is 5.92 Å². The molecule has 0 saturated carbocycles. The molecule has 2 saturated heterocycles. The molecule has 184 valence electrons. The van der Waals surface area contributed by atoms with E-state index < -0.39 is 0 Å². The second kappa shape index (κ2) is 10.6. The molecule has 3 heterocycles. The first kappa shape index (κ1) is 23.6. The van der Waals surface area contributed by atoms with Gasteiger partial charge in [0.25, 0.3) is 0 Å². The van der Waals surface area contributed by atoms with Crippen LogP contribution >= 0.6 is 0 Å². The average Bonchev–Trinajstić information content (AvgIpc) is 3.24. The second-order valence-electron chi connectivity index (χ2n) is 10.6. The van der Waals surface area contributed by atoms with Gasteiger partial charge in [0.15, 0.2) is 5.89 Å². The van der Waals surface area contributed by atoms with Crippen molar-refractivity contribution in [1.82, 2.24) is 19.7 Å². The molecule has 2 aromatic rings. The minimum Gasteiger partial charge on any atom is -0.445 e. The minimum absolute atomic E-state index is 0.240. The minimum atomic E-state index is 0.240. The molecule has 0 atom stereocenters. The zero-order valence-electron chi connectivity index (χ0n) is 21.0. The lowest BCUT2D eigenvalue weighted by atomic mass is 9.89. The van der Waals surface area contributed by atoms with Crippen LogP contribution in [0.4, 0.5) is 0 Å². The van der Waals surface area contributed by atoms with Crippen LogP contribution in [0.2, 0.25) is 0 Å². The van der Waals surface area contributed by atoms with Gasteiger partial charge in [0.2, 0.25) is 5.91 Å². The molecule has 1 amide bonds. The van der Waals surface area contributed by atoms with Crippen LogP contribution in [-0.4, -0.2) is 78.5 Å². The Morgan fingerprint density at radius 3 is 2.53 bits per heavy atom. The van der Waals surface area contributed by atoms with E-state index in [0.717, 1.165) is 55.5 Å². The zero-order chi connectivity index (χ0) is 23.5. The van der Waals surface area contributed by atoms with E-state index in [1.54, 1.807) is 0 Å². The van der Waals surface area contributed by atoms with Gasteiger partial charge in [0.1, 0.15) is 11.5 Å². The standard InChI is InChI=1S/C28H40N4O2/c1-21-29-28(25-8-7-23-5-3-4-6-24(23)19-25)26(34-21)9-10-27(33)32-17-15-31(16-18-32)20-22-11-13-30(2)14-12-22/h7-8,19,22H,3-6,9-18,20H2,1-2H3. The Morgan fingerprint density at radius 1 is 1.03 bits per heavy atom. The van der Waals surface area contributed by atoms with E-state index in [1.807, 2.05) is 11.8 Å². The van der Waals surface area contributed by atoms with Crippen LogP contribution in [0.25, 0.3) is 11.3 Å². The first-order valence-electron chi connectivity index (χ1n) is 13.3. The second-order valence-corrected chi connectivity index (χ2v) is 10.6. The number of carbonyl (C=O) groups is 1. The summed E-state index contributed by atoms with van der Waals surface area (Å²) in [4.78, 5) is 24.7. The highest BCUT2D eigenvalue weighted by Gasteiger charge is 2.25. The van der Waals surface area contributed by atoms with Gasteiger partial charge in [0.05, 0.1) is 0 Å². The van der Waals surface area contributed by atoms with Gasteiger partial charge < -0.3 is 14.2 Å². The van der Waals surface area contributed by atoms with Crippen molar-refractivity contribution in [3.8, 4) is 11.3 Å². The molecule has 3 aliphatic rings. The van der Waals surface area contributed by atoms with Gasteiger partial charge in [-0.15, -0.1) is 0 Å². The fourth-order valence-electron chi connectivity index (χ4n) is 5.91. The summed E-state index contributed by atoms with van der Waals surface area (Å²) in [5, 5.41) is 0. The molecule has 0 N–H and O–H groups in total. The van der Waals surface area contributed by atoms with Crippen molar-refractivity contribution in [2.45, 2.75) is 58.3 Å². The van der Waals surface area contributed by atoms with Gasteiger partial charge in [-0.05, 0) is 81.8 Å². The summed E-state index contributed by atoms with van der Waals surface area (Å²) in [6.45, 7) is 9.22. The summed E-state index contributed by atoms with van der Waals surface area (Å²) in [6.07, 6.45) is 8.59. The average molecular weight is 465 g/mol. The third-order valence-corrected chi connectivity index (χ3v) is 8.07. The van der Waals surface area contributed by atoms with Gasteiger partial charge in [-0.25, -0.2) is 4.98 Å². The van der Waals surface area contributed by atoms with E-state index in [2.05, 4.69) is 40.0 Å². The molecule has 6 heteroatoms. The van der Waals surface area contributed by atoms with Crippen molar-refractivity contribution in [3.05, 3.63) is 41.0 Å². The molecule has 0 radical (unpaired) electrons. The van der Waals surface area contributed by atoms with Crippen LogP contribution in [0, 0.1) is 12.8 Å². The number of likely N-dealkylation sites (tertiary alicyclic amines) is 1. The number of piperazine rings is 1. The largest absolute Gasteiger partial charge is 0.445 e. The Labute approximate surface area is 204 Å². The lowest BCUT2D eigenvalue weighted by Gasteiger charge is -2.38. The molecular formula is C28H40N4O2. The summed E-state index contributed by atoms with van der Waals surface area (Å²) in [5.41, 5.74) is 4.97. The Balaban J connectivity index is 1.14. The van der Waals surface area contributed by atoms with E-state index in [-0.39, 0.29) is 5.91 Å². The van der Waals surface area contributed by atoms with Crippen molar-refractivity contribution in [2.75, 3.05) is 52.9 Å². The van der Waals surface area contributed by atoms with Crippen LogP contribution in [0.3, 0.4) is 0 Å². The number of benzene rings is 1. The number of aryl methyl sites for hydroxylation is 4. The van der Waals surface area contributed by atoms with Crippen LogP contribution < -0.4 is 0 Å². The Hall–Kier alpha value is -2.18. The van der Waals surface area contributed by atoms with E-state index in [4.69, 9.17) is 4.42 Å². The lowest BCUT2D eigenvalue weighted by molar-refractivity contribution is -0.133. The summed E-state index contributed by atoms with van der Waals surface area (Å²) < 4.78 is 5.97. The molecule has 0 bridgehead atoms. The normalized spacial score (nSPS) is 20.5. The molecule has 1 aliphatic carbocycles. The van der Waals surface area contributed by atoms with E-state index >= 15 is 0 Å². The highest BCUT2D eigenvalue weighted by molar-refractivity contribution is 5.77. The Bertz CT molecular complexity index is 984. The number of aromatic nitrogens is 1.